The third kappa shape index (κ3) is 4.55. The van der Waals surface area contributed by atoms with Gasteiger partial charge in [-0.3, -0.25) is 4.79 Å². The van der Waals surface area contributed by atoms with Crippen LogP contribution in [0.4, 0.5) is 10.2 Å². The first-order valence-corrected chi connectivity index (χ1v) is 9.85. The van der Waals surface area contributed by atoms with Crippen LogP contribution in [0.1, 0.15) is 17.7 Å². The maximum Gasteiger partial charge on any atom is 0.225 e. The summed E-state index contributed by atoms with van der Waals surface area (Å²) in [5.41, 5.74) is 1.09. The number of furan rings is 1. The van der Waals surface area contributed by atoms with E-state index in [0.717, 1.165) is 5.76 Å². The predicted octanol–water partition coefficient (Wildman–Crippen LogP) is 4.88. The van der Waals surface area contributed by atoms with Crippen molar-refractivity contribution in [1.29, 1.82) is 0 Å². The third-order valence-electron chi connectivity index (χ3n) is 4.19. The van der Waals surface area contributed by atoms with Crippen molar-refractivity contribution < 1.29 is 13.6 Å². The first kappa shape index (κ1) is 18.9. The molecule has 29 heavy (non-hydrogen) atoms. The molecule has 0 atom stereocenters. The van der Waals surface area contributed by atoms with Crippen molar-refractivity contribution in [3.05, 3.63) is 71.2 Å². The number of anilines is 1. The topological polar surface area (TPSA) is 80.9 Å². The zero-order valence-electron chi connectivity index (χ0n) is 15.6. The van der Waals surface area contributed by atoms with Crippen molar-refractivity contribution in [2.45, 2.75) is 19.8 Å². The van der Waals surface area contributed by atoms with Crippen molar-refractivity contribution in [2.24, 2.45) is 0 Å². The molecule has 3 heterocycles. The minimum absolute atomic E-state index is 0.132. The average Bonchev–Trinajstić information content (AvgIpc) is 3.39. The lowest BCUT2D eigenvalue weighted by molar-refractivity contribution is -0.116. The number of aromatic nitrogens is 3. The molecule has 0 aliphatic heterocycles. The first-order valence-electron chi connectivity index (χ1n) is 8.97. The molecule has 0 radical (unpaired) electrons. The molecule has 0 bridgehead atoms. The van der Waals surface area contributed by atoms with Gasteiger partial charge >= 0.3 is 0 Å². The summed E-state index contributed by atoms with van der Waals surface area (Å²) in [7, 11) is 0. The van der Waals surface area contributed by atoms with Crippen LogP contribution in [-0.2, 0) is 11.2 Å². The first-order chi connectivity index (χ1) is 14.1. The minimum atomic E-state index is -0.316. The van der Waals surface area contributed by atoms with Crippen molar-refractivity contribution in [3.8, 4) is 22.3 Å². The van der Waals surface area contributed by atoms with Gasteiger partial charge in [0, 0.05) is 24.1 Å². The Hall–Kier alpha value is -3.39. The van der Waals surface area contributed by atoms with Crippen molar-refractivity contribution in [1.82, 2.24) is 15.0 Å². The van der Waals surface area contributed by atoms with E-state index in [9.17, 15) is 9.18 Å². The van der Waals surface area contributed by atoms with E-state index in [2.05, 4.69) is 20.3 Å². The molecule has 0 unspecified atom stereocenters. The molecule has 0 aliphatic rings. The highest BCUT2D eigenvalue weighted by Gasteiger charge is 2.14. The fraction of sp³-hybridized carbons (Fsp3) is 0.143. The second-order valence-corrected chi connectivity index (χ2v) is 7.24. The van der Waals surface area contributed by atoms with E-state index in [1.165, 1.54) is 17.4 Å². The molecule has 0 aliphatic carbocycles. The van der Waals surface area contributed by atoms with E-state index in [4.69, 9.17) is 4.42 Å². The van der Waals surface area contributed by atoms with Gasteiger partial charge in [-0.25, -0.2) is 19.3 Å². The molecular formula is C21H17FN4O2S. The summed E-state index contributed by atoms with van der Waals surface area (Å²) >= 11 is 1.44. The number of amides is 1. The van der Waals surface area contributed by atoms with Gasteiger partial charge in [0.05, 0.1) is 0 Å². The second kappa shape index (κ2) is 8.32. The van der Waals surface area contributed by atoms with Crippen LogP contribution in [-0.4, -0.2) is 20.9 Å². The number of halogens is 1. The van der Waals surface area contributed by atoms with Gasteiger partial charge in [0.1, 0.15) is 28.1 Å². The standard InChI is InChI=1S/C21H17FN4O2S/c1-13-6-8-17(28-13)20-24-16(21-23-10-11-29-21)12-18(26-20)25-19(27)9-7-14-4-2-3-5-15(14)22/h2-6,8,10-12H,7,9H2,1H3,(H,24,25,26,27). The highest BCUT2D eigenvalue weighted by Crippen LogP contribution is 2.26. The highest BCUT2D eigenvalue weighted by molar-refractivity contribution is 7.13. The maximum atomic E-state index is 13.8. The van der Waals surface area contributed by atoms with Gasteiger partial charge in [-0.15, -0.1) is 11.3 Å². The van der Waals surface area contributed by atoms with Gasteiger partial charge in [-0.1, -0.05) is 18.2 Å². The molecule has 0 fully saturated rings. The van der Waals surface area contributed by atoms with Crippen molar-refractivity contribution in [2.75, 3.05) is 5.32 Å². The third-order valence-corrected chi connectivity index (χ3v) is 4.98. The Labute approximate surface area is 170 Å². The minimum Gasteiger partial charge on any atom is -0.458 e. The Bertz CT molecular complexity index is 1140. The van der Waals surface area contributed by atoms with Gasteiger partial charge in [0.15, 0.2) is 11.6 Å². The van der Waals surface area contributed by atoms with Crippen LogP contribution in [0.15, 0.2) is 58.5 Å². The number of carbonyl (C=O) groups is 1. The summed E-state index contributed by atoms with van der Waals surface area (Å²) in [6.07, 6.45) is 2.12. The number of thiazole rings is 1. The normalized spacial score (nSPS) is 10.8. The van der Waals surface area contributed by atoms with Crippen LogP contribution in [0.25, 0.3) is 22.3 Å². The number of nitrogens with one attached hydrogen (secondary N) is 1. The van der Waals surface area contributed by atoms with Crippen LogP contribution < -0.4 is 5.32 Å². The molecule has 4 aromatic rings. The molecule has 8 heteroatoms. The molecule has 0 saturated heterocycles. The molecule has 0 saturated carbocycles. The zero-order chi connectivity index (χ0) is 20.2. The second-order valence-electron chi connectivity index (χ2n) is 6.35. The van der Waals surface area contributed by atoms with Gasteiger partial charge in [0.25, 0.3) is 0 Å². The molecule has 3 aromatic heterocycles. The monoisotopic (exact) mass is 408 g/mol. The van der Waals surface area contributed by atoms with E-state index in [0.29, 0.717) is 40.1 Å². The molecule has 1 amide bonds. The molecule has 1 aromatic carbocycles. The number of carbonyl (C=O) groups excluding carboxylic acids is 1. The largest absolute Gasteiger partial charge is 0.458 e. The lowest BCUT2D eigenvalue weighted by Gasteiger charge is -2.08. The van der Waals surface area contributed by atoms with Crippen LogP contribution >= 0.6 is 11.3 Å². The fourth-order valence-electron chi connectivity index (χ4n) is 2.79. The Morgan fingerprint density at radius 3 is 2.79 bits per heavy atom. The summed E-state index contributed by atoms with van der Waals surface area (Å²) < 4.78 is 19.4. The Morgan fingerprint density at radius 2 is 2.07 bits per heavy atom. The van der Waals surface area contributed by atoms with Crippen LogP contribution in [0, 0.1) is 12.7 Å². The number of benzene rings is 1. The lowest BCUT2D eigenvalue weighted by Crippen LogP contribution is -2.14. The molecular weight excluding hydrogens is 391 g/mol. The van der Waals surface area contributed by atoms with E-state index in [-0.39, 0.29) is 18.1 Å². The number of aryl methyl sites for hydroxylation is 2. The Morgan fingerprint density at radius 1 is 1.21 bits per heavy atom. The van der Waals surface area contributed by atoms with Crippen molar-refractivity contribution >= 4 is 23.1 Å². The Kier molecular flexibility index (Phi) is 5.44. The summed E-state index contributed by atoms with van der Waals surface area (Å²) in [4.78, 5) is 25.6. The van der Waals surface area contributed by atoms with Gasteiger partial charge in [-0.05, 0) is 37.1 Å². The Balaban J connectivity index is 1.56. The number of nitrogens with zero attached hydrogens (tertiary/aromatic N) is 3. The molecule has 6 nitrogen and oxygen atoms in total. The van der Waals surface area contributed by atoms with Crippen LogP contribution in [0.2, 0.25) is 0 Å². The van der Waals surface area contributed by atoms with Crippen molar-refractivity contribution in [3.63, 3.8) is 0 Å². The predicted molar refractivity (Wildman–Crippen MR) is 109 cm³/mol. The zero-order valence-corrected chi connectivity index (χ0v) is 16.4. The molecule has 0 spiro atoms. The van der Waals surface area contributed by atoms with E-state index in [1.54, 1.807) is 36.5 Å². The van der Waals surface area contributed by atoms with Gasteiger partial charge in [0.2, 0.25) is 5.91 Å². The smallest absolute Gasteiger partial charge is 0.225 e. The van der Waals surface area contributed by atoms with E-state index >= 15 is 0 Å². The number of rotatable bonds is 6. The SMILES string of the molecule is Cc1ccc(-c2nc(NC(=O)CCc3ccccc3F)cc(-c3nccs3)n2)o1. The average molecular weight is 408 g/mol. The maximum absolute atomic E-state index is 13.8. The summed E-state index contributed by atoms with van der Waals surface area (Å²) in [5.74, 6) is 1.35. The summed E-state index contributed by atoms with van der Waals surface area (Å²) in [6, 6.07) is 11.7. The van der Waals surface area contributed by atoms with E-state index < -0.39 is 0 Å². The quantitative estimate of drug-likeness (QED) is 0.492. The summed E-state index contributed by atoms with van der Waals surface area (Å²) in [5, 5.41) is 5.33. The van der Waals surface area contributed by atoms with Crippen LogP contribution in [0.3, 0.4) is 0 Å². The number of hydrogen-bond donors (Lipinski definition) is 1. The molecule has 4 rings (SSSR count). The lowest BCUT2D eigenvalue weighted by atomic mass is 10.1. The summed E-state index contributed by atoms with van der Waals surface area (Å²) in [6.45, 7) is 1.83. The van der Waals surface area contributed by atoms with E-state index in [1.807, 2.05) is 18.4 Å². The molecule has 1 N–H and O–H groups in total. The van der Waals surface area contributed by atoms with Gasteiger partial charge in [-0.2, -0.15) is 0 Å². The fourth-order valence-corrected chi connectivity index (χ4v) is 3.39. The van der Waals surface area contributed by atoms with Crippen LogP contribution in [0.5, 0.6) is 0 Å². The highest BCUT2D eigenvalue weighted by atomic mass is 32.1. The number of hydrogen-bond acceptors (Lipinski definition) is 6. The molecule has 146 valence electrons. The van der Waals surface area contributed by atoms with Gasteiger partial charge < -0.3 is 9.73 Å².